The van der Waals surface area contributed by atoms with Crippen LogP contribution in [-0.2, 0) is 6.54 Å². The first-order valence-corrected chi connectivity index (χ1v) is 6.27. The van der Waals surface area contributed by atoms with Crippen LogP contribution in [-0.4, -0.2) is 4.98 Å². The van der Waals surface area contributed by atoms with Crippen molar-refractivity contribution in [1.82, 2.24) is 4.98 Å². The molecule has 0 aliphatic rings. The van der Waals surface area contributed by atoms with E-state index in [-0.39, 0.29) is 5.82 Å². The number of hydrogen-bond donors (Lipinski definition) is 2. The summed E-state index contributed by atoms with van der Waals surface area (Å²) in [4.78, 5) is 3.15. The number of halogens is 1. The van der Waals surface area contributed by atoms with E-state index in [9.17, 15) is 9.65 Å². The third-order valence-electron chi connectivity index (χ3n) is 3.23. The van der Waals surface area contributed by atoms with Gasteiger partial charge in [-0.05, 0) is 12.1 Å². The second-order valence-electron chi connectivity index (χ2n) is 4.48. The standard InChI is InChI=1S/C16H12FN3/c17-14-7-3-1-5-11(14)10-19-16-13(9-18)12-6-2-4-8-15(12)20-16/h1-8,19-20H,10H2. The van der Waals surface area contributed by atoms with Crippen LogP contribution in [0.15, 0.2) is 48.5 Å². The molecule has 4 heteroatoms. The monoisotopic (exact) mass is 265 g/mol. The Balaban J connectivity index is 1.92. The van der Waals surface area contributed by atoms with Crippen LogP contribution in [0.2, 0.25) is 0 Å². The summed E-state index contributed by atoms with van der Waals surface area (Å²) in [5, 5.41) is 13.2. The summed E-state index contributed by atoms with van der Waals surface area (Å²) >= 11 is 0. The summed E-state index contributed by atoms with van der Waals surface area (Å²) in [7, 11) is 0. The molecule has 0 atom stereocenters. The van der Waals surface area contributed by atoms with Crippen LogP contribution in [0.3, 0.4) is 0 Å². The van der Waals surface area contributed by atoms with Crippen LogP contribution in [0.4, 0.5) is 10.2 Å². The third kappa shape index (κ3) is 2.10. The number of aromatic nitrogens is 1. The Bertz CT molecular complexity index is 799. The number of anilines is 1. The molecule has 0 unspecified atom stereocenters. The van der Waals surface area contributed by atoms with Gasteiger partial charge in [0.05, 0.1) is 0 Å². The van der Waals surface area contributed by atoms with Crippen molar-refractivity contribution in [2.24, 2.45) is 0 Å². The second kappa shape index (κ2) is 5.06. The minimum atomic E-state index is -0.255. The van der Waals surface area contributed by atoms with E-state index in [1.54, 1.807) is 18.2 Å². The van der Waals surface area contributed by atoms with Crippen molar-refractivity contribution < 1.29 is 4.39 Å². The number of aromatic amines is 1. The molecule has 0 spiro atoms. The SMILES string of the molecule is N#Cc1c(NCc2ccccc2F)[nH]c2ccccc12. The first-order valence-electron chi connectivity index (χ1n) is 6.27. The molecule has 20 heavy (non-hydrogen) atoms. The maximum atomic E-state index is 13.6. The number of hydrogen-bond acceptors (Lipinski definition) is 2. The number of nitriles is 1. The topological polar surface area (TPSA) is 51.6 Å². The normalized spacial score (nSPS) is 10.4. The Morgan fingerprint density at radius 1 is 1.10 bits per heavy atom. The fourth-order valence-corrected chi connectivity index (χ4v) is 2.22. The van der Waals surface area contributed by atoms with Crippen molar-refractivity contribution in [3.05, 3.63) is 65.5 Å². The Morgan fingerprint density at radius 2 is 1.85 bits per heavy atom. The number of benzene rings is 2. The molecule has 1 aromatic heterocycles. The lowest BCUT2D eigenvalue weighted by atomic mass is 10.2. The van der Waals surface area contributed by atoms with Gasteiger partial charge in [-0.2, -0.15) is 5.26 Å². The first-order chi connectivity index (χ1) is 9.79. The molecule has 0 bridgehead atoms. The summed E-state index contributed by atoms with van der Waals surface area (Å²) in [6, 6.07) is 16.4. The molecule has 0 radical (unpaired) electrons. The molecular weight excluding hydrogens is 253 g/mol. The zero-order valence-corrected chi connectivity index (χ0v) is 10.7. The molecule has 2 aromatic carbocycles. The Labute approximate surface area is 115 Å². The van der Waals surface area contributed by atoms with Crippen LogP contribution < -0.4 is 5.32 Å². The Morgan fingerprint density at radius 3 is 2.65 bits per heavy atom. The van der Waals surface area contributed by atoms with Gasteiger partial charge in [0.15, 0.2) is 0 Å². The average molecular weight is 265 g/mol. The van der Waals surface area contributed by atoms with Crippen LogP contribution in [0.5, 0.6) is 0 Å². The van der Waals surface area contributed by atoms with E-state index in [0.717, 1.165) is 10.9 Å². The van der Waals surface area contributed by atoms with Crippen LogP contribution in [0.1, 0.15) is 11.1 Å². The zero-order chi connectivity index (χ0) is 13.9. The maximum absolute atomic E-state index is 13.6. The lowest BCUT2D eigenvalue weighted by molar-refractivity contribution is 0.613. The van der Waals surface area contributed by atoms with Crippen LogP contribution >= 0.6 is 0 Å². The molecule has 0 saturated carbocycles. The molecule has 3 rings (SSSR count). The zero-order valence-electron chi connectivity index (χ0n) is 10.7. The van der Waals surface area contributed by atoms with Gasteiger partial charge in [-0.15, -0.1) is 0 Å². The molecule has 0 aliphatic carbocycles. The van der Waals surface area contributed by atoms with E-state index in [0.29, 0.717) is 23.5 Å². The van der Waals surface area contributed by atoms with E-state index in [4.69, 9.17) is 0 Å². The molecule has 98 valence electrons. The van der Waals surface area contributed by atoms with Gasteiger partial charge in [0, 0.05) is 23.0 Å². The minimum Gasteiger partial charge on any atom is -0.366 e. The fraction of sp³-hybridized carbons (Fsp3) is 0.0625. The van der Waals surface area contributed by atoms with Gasteiger partial charge < -0.3 is 10.3 Å². The number of fused-ring (bicyclic) bond motifs is 1. The second-order valence-corrected chi connectivity index (χ2v) is 4.48. The van der Waals surface area contributed by atoms with Gasteiger partial charge in [-0.3, -0.25) is 0 Å². The molecule has 0 amide bonds. The predicted molar refractivity (Wildman–Crippen MR) is 76.7 cm³/mol. The molecule has 0 fully saturated rings. The van der Waals surface area contributed by atoms with Crippen molar-refractivity contribution in [2.45, 2.75) is 6.54 Å². The highest BCUT2D eigenvalue weighted by atomic mass is 19.1. The molecular formula is C16H12FN3. The van der Waals surface area contributed by atoms with Gasteiger partial charge in [0.25, 0.3) is 0 Å². The highest BCUT2D eigenvalue weighted by molar-refractivity contribution is 5.91. The largest absolute Gasteiger partial charge is 0.366 e. The van der Waals surface area contributed by atoms with E-state index in [1.807, 2.05) is 24.3 Å². The number of para-hydroxylation sites is 1. The van der Waals surface area contributed by atoms with Gasteiger partial charge in [0.2, 0.25) is 0 Å². The van der Waals surface area contributed by atoms with Crippen molar-refractivity contribution in [3.8, 4) is 6.07 Å². The van der Waals surface area contributed by atoms with Gasteiger partial charge >= 0.3 is 0 Å². The number of nitrogens with one attached hydrogen (secondary N) is 2. The highest BCUT2D eigenvalue weighted by Crippen LogP contribution is 2.25. The smallest absolute Gasteiger partial charge is 0.128 e. The number of nitrogens with zero attached hydrogens (tertiary/aromatic N) is 1. The molecule has 1 heterocycles. The molecule has 0 aliphatic heterocycles. The van der Waals surface area contributed by atoms with Crippen LogP contribution in [0.25, 0.3) is 10.9 Å². The van der Waals surface area contributed by atoms with E-state index in [1.165, 1.54) is 6.07 Å². The fourth-order valence-electron chi connectivity index (χ4n) is 2.22. The van der Waals surface area contributed by atoms with E-state index < -0.39 is 0 Å². The van der Waals surface area contributed by atoms with E-state index >= 15 is 0 Å². The van der Waals surface area contributed by atoms with Crippen molar-refractivity contribution in [2.75, 3.05) is 5.32 Å². The van der Waals surface area contributed by atoms with Crippen molar-refractivity contribution >= 4 is 16.7 Å². The summed E-state index contributed by atoms with van der Waals surface area (Å²) in [5.74, 6) is 0.367. The predicted octanol–water partition coefficient (Wildman–Crippen LogP) is 3.79. The number of H-pyrrole nitrogens is 1. The highest BCUT2D eigenvalue weighted by Gasteiger charge is 2.10. The van der Waals surface area contributed by atoms with Gasteiger partial charge in [-0.1, -0.05) is 36.4 Å². The molecule has 0 saturated heterocycles. The summed E-state index contributed by atoms with van der Waals surface area (Å²) in [6.07, 6.45) is 0. The Hall–Kier alpha value is -2.80. The number of rotatable bonds is 3. The summed E-state index contributed by atoms with van der Waals surface area (Å²) < 4.78 is 13.6. The average Bonchev–Trinajstić information content (AvgIpc) is 2.84. The summed E-state index contributed by atoms with van der Waals surface area (Å²) in [5.41, 5.74) is 2.01. The Kier molecular flexibility index (Phi) is 3.10. The van der Waals surface area contributed by atoms with E-state index in [2.05, 4.69) is 16.4 Å². The maximum Gasteiger partial charge on any atom is 0.128 e. The van der Waals surface area contributed by atoms with Crippen molar-refractivity contribution in [3.63, 3.8) is 0 Å². The molecule has 2 N–H and O–H groups in total. The lowest BCUT2D eigenvalue weighted by Crippen LogP contribution is -2.02. The summed E-state index contributed by atoms with van der Waals surface area (Å²) in [6.45, 7) is 0.328. The quantitative estimate of drug-likeness (QED) is 0.757. The molecule has 3 aromatic rings. The third-order valence-corrected chi connectivity index (χ3v) is 3.23. The minimum absolute atomic E-state index is 0.255. The first kappa shape index (κ1) is 12.2. The molecule has 3 nitrogen and oxygen atoms in total. The van der Waals surface area contributed by atoms with Crippen LogP contribution in [0, 0.1) is 17.1 Å². The van der Waals surface area contributed by atoms with Gasteiger partial charge in [-0.25, -0.2) is 4.39 Å². The lowest BCUT2D eigenvalue weighted by Gasteiger charge is -2.05. The van der Waals surface area contributed by atoms with Crippen molar-refractivity contribution in [1.29, 1.82) is 5.26 Å². The van der Waals surface area contributed by atoms with Gasteiger partial charge in [0.1, 0.15) is 23.3 Å².